The minimum absolute atomic E-state index is 0.170. The molecule has 0 saturated heterocycles. The second kappa shape index (κ2) is 12.2. The van der Waals surface area contributed by atoms with Gasteiger partial charge in [-0.05, 0) is 52.6 Å². The van der Waals surface area contributed by atoms with Crippen LogP contribution in [0.4, 0.5) is 11.4 Å². The maximum Gasteiger partial charge on any atom is 0.249 e. The number of amides is 2. The standard InChI is InChI=1S/C34H26ClN5O2/c35-26-12-15-29-30(18-26)40-34(42)31(17-25-8-4-5-9-28(25)23-6-2-1-3-7-23)39-33(29)24-10-13-27(14-11-24)38-32(41)16-22-19-36-21-37-20-22/h1-15,18-21,31H,16-17H2,(H,38,41)(H,40,42). The zero-order valence-corrected chi connectivity index (χ0v) is 23.3. The molecule has 42 heavy (non-hydrogen) atoms. The number of anilines is 2. The average Bonchev–Trinajstić information content (AvgIpc) is 3.14. The molecule has 7 nitrogen and oxygen atoms in total. The summed E-state index contributed by atoms with van der Waals surface area (Å²) in [6.45, 7) is 0. The molecule has 1 atom stereocenters. The molecular formula is C34H26ClN5O2. The van der Waals surface area contributed by atoms with E-state index in [4.69, 9.17) is 16.6 Å². The second-order valence-corrected chi connectivity index (χ2v) is 10.4. The number of fused-ring (bicyclic) bond motifs is 1. The van der Waals surface area contributed by atoms with Crippen molar-refractivity contribution in [3.8, 4) is 11.1 Å². The summed E-state index contributed by atoms with van der Waals surface area (Å²) in [6, 6.07) is 30.4. The van der Waals surface area contributed by atoms with Crippen molar-refractivity contribution in [2.24, 2.45) is 4.99 Å². The Morgan fingerprint density at radius 3 is 2.36 bits per heavy atom. The normalized spacial score (nSPS) is 14.3. The Labute approximate surface area is 248 Å². The number of benzene rings is 4. The zero-order valence-electron chi connectivity index (χ0n) is 22.5. The Bertz CT molecular complexity index is 1770. The van der Waals surface area contributed by atoms with Gasteiger partial charge in [0.15, 0.2) is 0 Å². The van der Waals surface area contributed by atoms with Gasteiger partial charge in [0.25, 0.3) is 0 Å². The molecular weight excluding hydrogens is 546 g/mol. The van der Waals surface area contributed by atoms with Crippen LogP contribution in [0.15, 0.2) is 121 Å². The van der Waals surface area contributed by atoms with Crippen LogP contribution in [0, 0.1) is 0 Å². The monoisotopic (exact) mass is 571 g/mol. The van der Waals surface area contributed by atoms with Crippen molar-refractivity contribution in [3.63, 3.8) is 0 Å². The first-order valence-electron chi connectivity index (χ1n) is 13.5. The molecule has 0 saturated carbocycles. The van der Waals surface area contributed by atoms with Gasteiger partial charge in [-0.2, -0.15) is 0 Å². The van der Waals surface area contributed by atoms with Crippen LogP contribution in [0.1, 0.15) is 22.3 Å². The van der Waals surface area contributed by atoms with Crippen LogP contribution in [0.2, 0.25) is 5.02 Å². The highest BCUT2D eigenvalue weighted by Gasteiger charge is 2.27. The predicted molar refractivity (Wildman–Crippen MR) is 166 cm³/mol. The fourth-order valence-corrected chi connectivity index (χ4v) is 5.20. The predicted octanol–water partition coefficient (Wildman–Crippen LogP) is 6.38. The fraction of sp³-hybridized carbons (Fsp3) is 0.0882. The number of carbonyl (C=O) groups excluding carboxylic acids is 2. The zero-order chi connectivity index (χ0) is 28.9. The third-order valence-corrected chi connectivity index (χ3v) is 7.25. The van der Waals surface area contributed by atoms with Gasteiger partial charge >= 0.3 is 0 Å². The van der Waals surface area contributed by atoms with E-state index in [1.165, 1.54) is 6.33 Å². The Morgan fingerprint density at radius 2 is 1.57 bits per heavy atom. The summed E-state index contributed by atoms with van der Waals surface area (Å²) in [6.07, 6.45) is 5.25. The van der Waals surface area contributed by atoms with E-state index in [-0.39, 0.29) is 18.2 Å². The van der Waals surface area contributed by atoms with Gasteiger partial charge in [-0.3, -0.25) is 14.6 Å². The first-order chi connectivity index (χ1) is 20.5. The number of rotatable bonds is 7. The third kappa shape index (κ3) is 6.11. The Balaban J connectivity index is 1.31. The van der Waals surface area contributed by atoms with Crippen molar-refractivity contribution in [1.29, 1.82) is 0 Å². The number of benzodiazepines with no additional fused rings is 1. The average molecular weight is 572 g/mol. The fourth-order valence-electron chi connectivity index (χ4n) is 5.02. The van der Waals surface area contributed by atoms with Gasteiger partial charge < -0.3 is 10.6 Å². The van der Waals surface area contributed by atoms with E-state index in [0.29, 0.717) is 28.5 Å². The molecule has 0 fully saturated rings. The maximum atomic E-state index is 13.5. The molecule has 0 radical (unpaired) electrons. The van der Waals surface area contributed by atoms with Crippen molar-refractivity contribution in [1.82, 2.24) is 9.97 Å². The van der Waals surface area contributed by atoms with E-state index in [2.05, 4.69) is 38.8 Å². The van der Waals surface area contributed by atoms with E-state index in [1.54, 1.807) is 24.5 Å². The minimum atomic E-state index is -0.677. The molecule has 2 amide bonds. The SMILES string of the molecule is O=C(Cc1cncnc1)Nc1ccc(C2=NC(Cc3ccccc3-c3ccccc3)C(=O)Nc3cc(Cl)ccc32)cc1. The minimum Gasteiger partial charge on any atom is -0.326 e. The molecule has 2 heterocycles. The van der Waals surface area contributed by atoms with Crippen molar-refractivity contribution in [3.05, 3.63) is 143 Å². The molecule has 1 aliphatic rings. The van der Waals surface area contributed by atoms with Crippen molar-refractivity contribution in [2.75, 3.05) is 10.6 Å². The first kappa shape index (κ1) is 27.1. The highest BCUT2D eigenvalue weighted by atomic mass is 35.5. The van der Waals surface area contributed by atoms with E-state index < -0.39 is 6.04 Å². The van der Waals surface area contributed by atoms with Crippen LogP contribution in [0.25, 0.3) is 11.1 Å². The molecule has 8 heteroatoms. The Hall–Kier alpha value is -5.14. The van der Waals surface area contributed by atoms with Gasteiger partial charge in [0.1, 0.15) is 12.4 Å². The summed E-state index contributed by atoms with van der Waals surface area (Å²) in [5.74, 6) is -0.374. The van der Waals surface area contributed by atoms with Gasteiger partial charge in [0.05, 0.1) is 17.8 Å². The smallest absolute Gasteiger partial charge is 0.249 e. The first-order valence-corrected chi connectivity index (χ1v) is 13.9. The van der Waals surface area contributed by atoms with E-state index in [9.17, 15) is 9.59 Å². The number of hydrogen-bond donors (Lipinski definition) is 2. The summed E-state index contributed by atoms with van der Waals surface area (Å²) < 4.78 is 0. The molecule has 6 rings (SSSR count). The van der Waals surface area contributed by atoms with Gasteiger partial charge in [0.2, 0.25) is 11.8 Å². The summed E-state index contributed by atoms with van der Waals surface area (Å²) >= 11 is 6.31. The molecule has 5 aromatic rings. The topological polar surface area (TPSA) is 96.3 Å². The highest BCUT2D eigenvalue weighted by Crippen LogP contribution is 2.30. The molecule has 206 valence electrons. The lowest BCUT2D eigenvalue weighted by atomic mass is 9.95. The summed E-state index contributed by atoms with van der Waals surface area (Å²) in [7, 11) is 0. The largest absolute Gasteiger partial charge is 0.326 e. The van der Waals surface area contributed by atoms with Gasteiger partial charge in [-0.1, -0.05) is 78.3 Å². The van der Waals surface area contributed by atoms with Crippen LogP contribution in [0.5, 0.6) is 0 Å². The summed E-state index contributed by atoms with van der Waals surface area (Å²) in [5, 5.41) is 6.48. The molecule has 1 unspecified atom stereocenters. The summed E-state index contributed by atoms with van der Waals surface area (Å²) in [5.41, 5.74) is 7.40. The molecule has 1 aromatic heterocycles. The van der Waals surface area contributed by atoms with Crippen LogP contribution in [0.3, 0.4) is 0 Å². The number of aliphatic imine (C=N–C) groups is 1. The molecule has 4 aromatic carbocycles. The quantitative estimate of drug-likeness (QED) is 0.237. The number of nitrogens with one attached hydrogen (secondary N) is 2. The lowest BCUT2D eigenvalue weighted by Crippen LogP contribution is -2.27. The molecule has 0 aliphatic carbocycles. The van der Waals surface area contributed by atoms with E-state index in [0.717, 1.165) is 33.4 Å². The molecule has 2 N–H and O–H groups in total. The molecule has 1 aliphatic heterocycles. The van der Waals surface area contributed by atoms with Crippen molar-refractivity contribution < 1.29 is 9.59 Å². The van der Waals surface area contributed by atoms with Crippen LogP contribution >= 0.6 is 11.6 Å². The van der Waals surface area contributed by atoms with Crippen LogP contribution in [-0.2, 0) is 22.4 Å². The molecule has 0 spiro atoms. The van der Waals surface area contributed by atoms with Crippen LogP contribution in [-0.4, -0.2) is 33.5 Å². The van der Waals surface area contributed by atoms with E-state index in [1.807, 2.05) is 66.7 Å². The lowest BCUT2D eigenvalue weighted by Gasteiger charge is -2.15. The second-order valence-electron chi connectivity index (χ2n) is 9.95. The highest BCUT2D eigenvalue weighted by molar-refractivity contribution is 6.31. The van der Waals surface area contributed by atoms with E-state index >= 15 is 0 Å². The van der Waals surface area contributed by atoms with Crippen molar-refractivity contribution >= 4 is 40.5 Å². The number of hydrogen-bond acceptors (Lipinski definition) is 5. The Kier molecular flexibility index (Phi) is 7.83. The Morgan fingerprint density at radius 1 is 0.833 bits per heavy atom. The van der Waals surface area contributed by atoms with Gasteiger partial charge in [-0.15, -0.1) is 0 Å². The number of carbonyl (C=O) groups is 2. The van der Waals surface area contributed by atoms with Crippen LogP contribution < -0.4 is 10.6 Å². The number of aromatic nitrogens is 2. The maximum absolute atomic E-state index is 13.5. The van der Waals surface area contributed by atoms with Gasteiger partial charge in [-0.25, -0.2) is 9.97 Å². The third-order valence-electron chi connectivity index (χ3n) is 7.02. The number of nitrogens with zero attached hydrogens (tertiary/aromatic N) is 3. The lowest BCUT2D eigenvalue weighted by molar-refractivity contribution is -0.117. The summed E-state index contributed by atoms with van der Waals surface area (Å²) in [4.78, 5) is 39.0. The number of halogens is 1. The molecule has 0 bridgehead atoms. The van der Waals surface area contributed by atoms with Crippen molar-refractivity contribution in [2.45, 2.75) is 18.9 Å². The van der Waals surface area contributed by atoms with Gasteiger partial charge in [0, 0.05) is 40.7 Å².